The number of rotatable bonds is 3. The first-order valence-corrected chi connectivity index (χ1v) is 7.44. The first-order valence-electron chi connectivity index (χ1n) is 7.44. The Hall–Kier alpha value is -1.51. The lowest BCUT2D eigenvalue weighted by molar-refractivity contribution is -0.136. The molecule has 0 aliphatic heterocycles. The molecule has 0 spiro atoms. The van der Waals surface area contributed by atoms with Crippen molar-refractivity contribution < 1.29 is 15.0 Å². The molecular formula is C18H28O3. The van der Waals surface area contributed by atoms with Crippen LogP contribution in [0.4, 0.5) is 0 Å². The monoisotopic (exact) mass is 292 g/mol. The number of carboxylic acids is 1. The zero-order valence-electron chi connectivity index (χ0n) is 14.3. The van der Waals surface area contributed by atoms with Crippen LogP contribution in [-0.2, 0) is 22.0 Å². The van der Waals surface area contributed by atoms with Crippen molar-refractivity contribution >= 4 is 5.97 Å². The predicted octanol–water partition coefficient (Wildman–Crippen LogP) is 4.31. The third-order valence-corrected chi connectivity index (χ3v) is 3.79. The highest BCUT2D eigenvalue weighted by atomic mass is 16.4. The number of hydrogen-bond acceptors (Lipinski definition) is 2. The van der Waals surface area contributed by atoms with Gasteiger partial charge in [-0.25, -0.2) is 0 Å². The fraction of sp³-hybridized carbons (Fsp3) is 0.611. The van der Waals surface area contributed by atoms with Crippen LogP contribution in [0.5, 0.6) is 5.75 Å². The van der Waals surface area contributed by atoms with E-state index in [1.54, 1.807) is 0 Å². The lowest BCUT2D eigenvalue weighted by Gasteiger charge is -2.30. The van der Waals surface area contributed by atoms with Crippen molar-refractivity contribution in [3.05, 3.63) is 28.3 Å². The summed E-state index contributed by atoms with van der Waals surface area (Å²) in [5.74, 6) is -0.454. The van der Waals surface area contributed by atoms with Gasteiger partial charge in [-0.15, -0.1) is 0 Å². The second-order valence-corrected chi connectivity index (χ2v) is 7.83. The minimum absolute atomic E-state index is 0.108. The number of carboxylic acid groups (broad SMARTS) is 1. The van der Waals surface area contributed by atoms with E-state index in [9.17, 15) is 9.90 Å². The Balaban J connectivity index is 3.56. The van der Waals surface area contributed by atoms with Crippen molar-refractivity contribution in [2.45, 2.75) is 72.1 Å². The number of carbonyl (C=O) groups is 1. The maximum Gasteiger partial charge on any atom is 0.303 e. The Kier molecular flexibility index (Phi) is 4.76. The average Bonchev–Trinajstić information content (AvgIpc) is 2.26. The minimum Gasteiger partial charge on any atom is -0.507 e. The molecule has 0 saturated carbocycles. The van der Waals surface area contributed by atoms with Crippen LogP contribution >= 0.6 is 0 Å². The van der Waals surface area contributed by atoms with Gasteiger partial charge >= 0.3 is 5.97 Å². The quantitative estimate of drug-likeness (QED) is 0.872. The Morgan fingerprint density at radius 1 is 1.10 bits per heavy atom. The van der Waals surface area contributed by atoms with Crippen molar-refractivity contribution in [2.24, 2.45) is 0 Å². The van der Waals surface area contributed by atoms with Crippen LogP contribution < -0.4 is 0 Å². The predicted molar refractivity (Wildman–Crippen MR) is 86.2 cm³/mol. The molecule has 0 bridgehead atoms. The van der Waals surface area contributed by atoms with E-state index in [-0.39, 0.29) is 17.3 Å². The van der Waals surface area contributed by atoms with E-state index in [0.29, 0.717) is 12.2 Å². The third-order valence-electron chi connectivity index (χ3n) is 3.79. The summed E-state index contributed by atoms with van der Waals surface area (Å²) in [5, 5.41) is 19.5. The molecule has 0 amide bonds. The second-order valence-electron chi connectivity index (χ2n) is 7.83. The number of phenols is 1. The highest BCUT2D eigenvalue weighted by molar-refractivity contribution is 5.67. The molecule has 0 heterocycles. The molecule has 118 valence electrons. The number of aromatic hydroxyl groups is 1. The van der Waals surface area contributed by atoms with E-state index in [2.05, 4.69) is 41.5 Å². The van der Waals surface area contributed by atoms with Crippen molar-refractivity contribution in [1.29, 1.82) is 0 Å². The van der Waals surface area contributed by atoms with Crippen LogP contribution in [-0.4, -0.2) is 16.2 Å². The largest absolute Gasteiger partial charge is 0.507 e. The minimum atomic E-state index is -0.794. The summed E-state index contributed by atoms with van der Waals surface area (Å²) in [4.78, 5) is 10.9. The van der Waals surface area contributed by atoms with E-state index in [0.717, 1.165) is 22.3 Å². The van der Waals surface area contributed by atoms with Crippen LogP contribution in [0.3, 0.4) is 0 Å². The highest BCUT2D eigenvalue weighted by Crippen LogP contribution is 2.41. The fourth-order valence-electron chi connectivity index (χ4n) is 2.93. The zero-order chi connectivity index (χ0) is 16.6. The Morgan fingerprint density at radius 3 is 2.00 bits per heavy atom. The van der Waals surface area contributed by atoms with E-state index < -0.39 is 5.97 Å². The van der Waals surface area contributed by atoms with Gasteiger partial charge in [0.2, 0.25) is 0 Å². The zero-order valence-corrected chi connectivity index (χ0v) is 14.3. The lowest BCUT2D eigenvalue weighted by Crippen LogP contribution is -2.20. The smallest absolute Gasteiger partial charge is 0.303 e. The molecule has 0 saturated heterocycles. The Labute approximate surface area is 128 Å². The molecular weight excluding hydrogens is 264 g/mol. The third kappa shape index (κ3) is 3.99. The van der Waals surface area contributed by atoms with Crippen LogP contribution in [0.1, 0.15) is 70.2 Å². The summed E-state index contributed by atoms with van der Waals surface area (Å²) in [6.07, 6.45) is 0.600. The van der Waals surface area contributed by atoms with Gasteiger partial charge in [-0.05, 0) is 46.4 Å². The van der Waals surface area contributed by atoms with Crippen molar-refractivity contribution in [1.82, 2.24) is 0 Å². The van der Waals surface area contributed by atoms with Gasteiger partial charge in [0.1, 0.15) is 5.75 Å². The molecule has 0 aromatic heterocycles. The van der Waals surface area contributed by atoms with Gasteiger partial charge in [-0.2, -0.15) is 0 Å². The summed E-state index contributed by atoms with van der Waals surface area (Å²) in [5.41, 5.74) is 3.54. The van der Waals surface area contributed by atoms with Gasteiger partial charge in [0.15, 0.2) is 0 Å². The molecule has 0 atom stereocenters. The molecule has 21 heavy (non-hydrogen) atoms. The molecule has 3 heteroatoms. The molecule has 1 aromatic rings. The number of aryl methyl sites for hydroxylation is 1. The Bertz CT molecular complexity index is 543. The molecule has 0 fully saturated rings. The second kappa shape index (κ2) is 5.70. The lowest BCUT2D eigenvalue weighted by atomic mass is 9.75. The summed E-state index contributed by atoms with van der Waals surface area (Å²) < 4.78 is 0. The highest BCUT2D eigenvalue weighted by Gasteiger charge is 2.28. The van der Waals surface area contributed by atoms with E-state index >= 15 is 0 Å². The number of phenolic OH excluding ortho intramolecular Hbond substituents is 1. The molecule has 1 aromatic carbocycles. The molecule has 1 rings (SSSR count). The maximum absolute atomic E-state index is 10.9. The fourth-order valence-corrected chi connectivity index (χ4v) is 2.93. The van der Waals surface area contributed by atoms with Crippen molar-refractivity contribution in [3.8, 4) is 5.75 Å². The topological polar surface area (TPSA) is 57.5 Å². The first kappa shape index (κ1) is 17.5. The normalized spacial score (nSPS) is 12.5. The standard InChI is InChI=1S/C18H28O3/c1-11-15(18(5,6)7)12(8-9-14(19)20)10-13(16(11)21)17(2,3)4/h10,21H,8-9H2,1-7H3,(H,19,20). The number of hydrogen-bond donors (Lipinski definition) is 2. The van der Waals surface area contributed by atoms with Crippen molar-refractivity contribution in [2.75, 3.05) is 0 Å². The Morgan fingerprint density at radius 2 is 1.62 bits per heavy atom. The molecule has 2 N–H and O–H groups in total. The molecule has 0 aliphatic carbocycles. The maximum atomic E-state index is 10.9. The van der Waals surface area contributed by atoms with Gasteiger partial charge in [-0.1, -0.05) is 47.6 Å². The van der Waals surface area contributed by atoms with Crippen LogP contribution in [0.25, 0.3) is 0 Å². The summed E-state index contributed by atoms with van der Waals surface area (Å²) >= 11 is 0. The van der Waals surface area contributed by atoms with E-state index in [1.807, 2.05) is 13.0 Å². The summed E-state index contributed by atoms with van der Waals surface area (Å²) in [6, 6.07) is 1.99. The van der Waals surface area contributed by atoms with Crippen molar-refractivity contribution in [3.63, 3.8) is 0 Å². The molecule has 0 unspecified atom stereocenters. The summed E-state index contributed by atoms with van der Waals surface area (Å²) in [7, 11) is 0. The van der Waals surface area contributed by atoms with Gasteiger partial charge < -0.3 is 10.2 Å². The van der Waals surface area contributed by atoms with Gasteiger partial charge in [0.05, 0.1) is 0 Å². The van der Waals surface area contributed by atoms with Gasteiger partial charge in [-0.3, -0.25) is 4.79 Å². The molecule has 0 aliphatic rings. The van der Waals surface area contributed by atoms with Crippen LogP contribution in [0.2, 0.25) is 0 Å². The van der Waals surface area contributed by atoms with Gasteiger partial charge in [0, 0.05) is 6.42 Å². The van der Waals surface area contributed by atoms with Crippen LogP contribution in [0.15, 0.2) is 6.07 Å². The SMILES string of the molecule is Cc1c(O)c(C(C)(C)C)cc(CCC(=O)O)c1C(C)(C)C. The first-order chi connectivity index (χ1) is 9.35. The van der Waals surface area contributed by atoms with Crippen LogP contribution in [0, 0.1) is 6.92 Å². The molecule has 0 radical (unpaired) electrons. The van der Waals surface area contributed by atoms with E-state index in [4.69, 9.17) is 5.11 Å². The van der Waals surface area contributed by atoms with E-state index in [1.165, 1.54) is 0 Å². The van der Waals surface area contributed by atoms with Gasteiger partial charge in [0.25, 0.3) is 0 Å². The summed E-state index contributed by atoms with van der Waals surface area (Å²) in [6.45, 7) is 14.4. The number of benzene rings is 1. The average molecular weight is 292 g/mol. The number of aliphatic carboxylic acids is 1. The molecule has 3 nitrogen and oxygen atoms in total.